The average Bonchev–Trinajstić information content (AvgIpc) is 3.69. The summed E-state index contributed by atoms with van der Waals surface area (Å²) in [5.74, 6) is 0. The summed E-state index contributed by atoms with van der Waals surface area (Å²) in [6.07, 6.45) is 3.65. The minimum absolute atomic E-state index is 0.246. The van der Waals surface area contributed by atoms with Crippen LogP contribution in [0, 0.1) is 0 Å². The molecule has 0 unspecified atom stereocenters. The van der Waals surface area contributed by atoms with Crippen LogP contribution in [0.4, 0.5) is 0 Å². The van der Waals surface area contributed by atoms with Gasteiger partial charge in [0.05, 0.1) is 87.3 Å². The summed E-state index contributed by atoms with van der Waals surface area (Å²) >= 11 is 0. The van der Waals surface area contributed by atoms with Gasteiger partial charge in [-0.2, -0.15) is 0 Å². The maximum absolute atomic E-state index is 5.66. The van der Waals surface area contributed by atoms with Gasteiger partial charge in [0.15, 0.2) is 0 Å². The highest BCUT2D eigenvalue weighted by molar-refractivity contribution is 6.02. The lowest BCUT2D eigenvalue weighted by molar-refractivity contribution is 0.000972. The SMILES string of the molecule is COCCOCCOCn1cc(-c2ccc(-c3cn(COCCOCCOC)nn3)c3nc4ccccc4nc23)nn1. The fourth-order valence-corrected chi connectivity index (χ4v) is 4.12. The van der Waals surface area contributed by atoms with Crippen LogP contribution in [0.1, 0.15) is 0 Å². The molecule has 222 valence electrons. The summed E-state index contributed by atoms with van der Waals surface area (Å²) in [5.41, 5.74) is 5.82. The van der Waals surface area contributed by atoms with Gasteiger partial charge >= 0.3 is 0 Å². The summed E-state index contributed by atoms with van der Waals surface area (Å²) < 4.78 is 35.4. The van der Waals surface area contributed by atoms with Crippen LogP contribution in [0.2, 0.25) is 0 Å². The van der Waals surface area contributed by atoms with E-state index in [2.05, 4.69) is 20.6 Å². The second kappa shape index (κ2) is 15.3. The summed E-state index contributed by atoms with van der Waals surface area (Å²) in [6, 6.07) is 11.6. The molecule has 0 aliphatic heterocycles. The first-order valence-electron chi connectivity index (χ1n) is 13.6. The molecule has 5 aromatic rings. The fourth-order valence-electron chi connectivity index (χ4n) is 4.12. The van der Waals surface area contributed by atoms with Gasteiger partial charge in [-0.25, -0.2) is 19.3 Å². The van der Waals surface area contributed by atoms with Crippen molar-refractivity contribution in [3.63, 3.8) is 0 Å². The molecule has 42 heavy (non-hydrogen) atoms. The topological polar surface area (TPSA) is 143 Å². The van der Waals surface area contributed by atoms with Gasteiger partial charge in [-0.3, -0.25) is 0 Å². The predicted octanol–water partition coefficient (Wildman–Crippen LogP) is 2.57. The first-order chi connectivity index (χ1) is 20.8. The average molecular weight is 579 g/mol. The quantitative estimate of drug-likeness (QED) is 0.111. The molecule has 0 radical (unpaired) electrons. The molecule has 0 saturated heterocycles. The zero-order valence-electron chi connectivity index (χ0n) is 23.7. The molecule has 0 aliphatic carbocycles. The van der Waals surface area contributed by atoms with Crippen LogP contribution >= 0.6 is 0 Å². The second-order valence-electron chi connectivity index (χ2n) is 9.14. The van der Waals surface area contributed by atoms with Crippen LogP contribution in [-0.2, 0) is 41.9 Å². The lowest BCUT2D eigenvalue weighted by Gasteiger charge is -2.09. The molecule has 3 aromatic heterocycles. The number of nitrogens with zero attached hydrogens (tertiary/aromatic N) is 8. The van der Waals surface area contributed by atoms with Crippen molar-refractivity contribution < 1.29 is 28.4 Å². The molecule has 2 aromatic carbocycles. The Morgan fingerprint density at radius 1 is 0.548 bits per heavy atom. The van der Waals surface area contributed by atoms with E-state index in [1.54, 1.807) is 23.6 Å². The Morgan fingerprint density at radius 2 is 0.976 bits per heavy atom. The van der Waals surface area contributed by atoms with Gasteiger partial charge in [0.2, 0.25) is 0 Å². The monoisotopic (exact) mass is 578 g/mol. The summed E-state index contributed by atoms with van der Waals surface area (Å²) in [6.45, 7) is 4.46. The van der Waals surface area contributed by atoms with E-state index in [1.807, 2.05) is 48.8 Å². The molecular formula is C28H34N8O6. The van der Waals surface area contributed by atoms with Crippen molar-refractivity contribution in [2.75, 3.05) is 67.1 Å². The van der Waals surface area contributed by atoms with Crippen molar-refractivity contribution >= 4 is 22.1 Å². The van der Waals surface area contributed by atoms with E-state index in [9.17, 15) is 0 Å². The van der Waals surface area contributed by atoms with Gasteiger partial charge in [0.1, 0.15) is 24.8 Å². The minimum Gasteiger partial charge on any atom is -0.382 e. The number of methoxy groups -OCH3 is 2. The van der Waals surface area contributed by atoms with Crippen molar-refractivity contribution in [2.45, 2.75) is 13.5 Å². The van der Waals surface area contributed by atoms with Gasteiger partial charge in [0, 0.05) is 25.3 Å². The third kappa shape index (κ3) is 7.67. The summed E-state index contributed by atoms with van der Waals surface area (Å²) in [4.78, 5) is 9.92. The third-order valence-corrected chi connectivity index (χ3v) is 6.18. The number of para-hydroxylation sites is 2. The van der Waals surface area contributed by atoms with Crippen molar-refractivity contribution in [1.82, 2.24) is 40.0 Å². The molecule has 0 amide bonds. The van der Waals surface area contributed by atoms with Gasteiger partial charge in [-0.15, -0.1) is 10.2 Å². The molecule has 3 heterocycles. The third-order valence-electron chi connectivity index (χ3n) is 6.18. The van der Waals surface area contributed by atoms with Gasteiger partial charge in [-0.05, 0) is 24.3 Å². The molecule has 0 N–H and O–H groups in total. The standard InChI is InChI=1S/C28H34N8O6/c1-37-9-11-39-13-15-41-19-35-17-25(31-33-35)21-7-8-22(28-27(21)29-23-5-3-4-6-24(23)30-28)26-18-36(34-32-26)20-42-16-14-40-12-10-38-2/h3-8,17-18H,9-16,19-20H2,1-2H3. The van der Waals surface area contributed by atoms with E-state index in [4.69, 9.17) is 38.4 Å². The van der Waals surface area contributed by atoms with Crippen LogP contribution in [0.25, 0.3) is 44.6 Å². The molecule has 0 aliphatic rings. The Morgan fingerprint density at radius 3 is 1.43 bits per heavy atom. The largest absolute Gasteiger partial charge is 0.382 e. The van der Waals surface area contributed by atoms with Crippen molar-refractivity contribution in [2.24, 2.45) is 0 Å². The van der Waals surface area contributed by atoms with Gasteiger partial charge in [-0.1, -0.05) is 22.6 Å². The number of benzene rings is 2. The lowest BCUT2D eigenvalue weighted by Crippen LogP contribution is -2.10. The van der Waals surface area contributed by atoms with E-state index in [-0.39, 0.29) is 13.5 Å². The lowest BCUT2D eigenvalue weighted by atomic mass is 10.0. The van der Waals surface area contributed by atoms with Crippen LogP contribution in [0.15, 0.2) is 48.8 Å². The Kier molecular flexibility index (Phi) is 10.8. The second-order valence-corrected chi connectivity index (χ2v) is 9.14. The Bertz CT molecular complexity index is 1440. The number of ether oxygens (including phenoxy) is 6. The van der Waals surface area contributed by atoms with Crippen LogP contribution in [-0.4, -0.2) is 107 Å². The molecule has 5 rings (SSSR count). The number of rotatable bonds is 18. The smallest absolute Gasteiger partial charge is 0.141 e. The van der Waals surface area contributed by atoms with Crippen LogP contribution in [0.5, 0.6) is 0 Å². The first kappa shape index (κ1) is 29.6. The fraction of sp³-hybridized carbons (Fsp3) is 0.429. The number of fused-ring (bicyclic) bond motifs is 2. The predicted molar refractivity (Wildman–Crippen MR) is 152 cm³/mol. The highest BCUT2D eigenvalue weighted by Gasteiger charge is 2.17. The number of aromatic nitrogens is 8. The molecule has 14 heteroatoms. The van der Waals surface area contributed by atoms with Crippen LogP contribution in [0.3, 0.4) is 0 Å². The molecule has 0 bridgehead atoms. The van der Waals surface area contributed by atoms with E-state index in [0.717, 1.165) is 22.2 Å². The molecule has 0 atom stereocenters. The normalized spacial score (nSPS) is 11.7. The van der Waals surface area contributed by atoms with E-state index >= 15 is 0 Å². The molecule has 0 spiro atoms. The first-order valence-corrected chi connectivity index (χ1v) is 13.6. The Labute approximate surface area is 242 Å². The molecule has 0 fully saturated rings. The minimum atomic E-state index is 0.246. The molecule has 14 nitrogen and oxygen atoms in total. The number of hydrogen-bond acceptors (Lipinski definition) is 12. The summed E-state index contributed by atoms with van der Waals surface area (Å²) in [5, 5.41) is 17.2. The highest BCUT2D eigenvalue weighted by atomic mass is 16.5. The van der Waals surface area contributed by atoms with Crippen molar-refractivity contribution in [1.29, 1.82) is 0 Å². The van der Waals surface area contributed by atoms with E-state index < -0.39 is 0 Å². The van der Waals surface area contributed by atoms with E-state index in [0.29, 0.717) is 75.3 Å². The maximum atomic E-state index is 5.66. The zero-order valence-corrected chi connectivity index (χ0v) is 23.7. The van der Waals surface area contributed by atoms with E-state index in [1.165, 1.54) is 0 Å². The molecule has 0 saturated carbocycles. The van der Waals surface area contributed by atoms with Crippen LogP contribution < -0.4 is 0 Å². The summed E-state index contributed by atoms with van der Waals surface area (Å²) in [7, 11) is 3.28. The molecular weight excluding hydrogens is 544 g/mol. The van der Waals surface area contributed by atoms with Crippen molar-refractivity contribution in [3.05, 3.63) is 48.8 Å². The van der Waals surface area contributed by atoms with Gasteiger partial charge < -0.3 is 28.4 Å². The highest BCUT2D eigenvalue weighted by Crippen LogP contribution is 2.33. The zero-order chi connectivity index (χ0) is 29.0. The van der Waals surface area contributed by atoms with Crippen molar-refractivity contribution in [3.8, 4) is 22.5 Å². The number of hydrogen-bond donors (Lipinski definition) is 0. The Hall–Kier alpha value is -3.92. The van der Waals surface area contributed by atoms with Gasteiger partial charge in [0.25, 0.3) is 0 Å². The maximum Gasteiger partial charge on any atom is 0.141 e. The Balaban J connectivity index is 1.32.